The molecule has 0 aliphatic carbocycles. The van der Waals surface area contributed by atoms with Gasteiger partial charge in [0, 0.05) is 4.47 Å². The maximum atomic E-state index is 12.3. The van der Waals surface area contributed by atoms with Crippen molar-refractivity contribution in [3.8, 4) is 5.75 Å². The average Bonchev–Trinajstić information content (AvgIpc) is 2.54. The number of rotatable bonds is 5. The molecule has 0 radical (unpaired) electrons. The van der Waals surface area contributed by atoms with Crippen molar-refractivity contribution >= 4 is 33.5 Å². The van der Waals surface area contributed by atoms with E-state index in [1.807, 2.05) is 12.1 Å². The number of carbonyl (C=O) groups is 2. The third-order valence-corrected chi connectivity index (χ3v) is 3.56. The van der Waals surface area contributed by atoms with E-state index in [1.54, 1.807) is 43.3 Å². The first-order chi connectivity index (χ1) is 11.0. The van der Waals surface area contributed by atoms with Gasteiger partial charge < -0.3 is 14.8 Å². The molecule has 6 heteroatoms. The fourth-order valence-electron chi connectivity index (χ4n) is 1.91. The number of anilines is 1. The number of hydrogen-bond donors (Lipinski definition) is 1. The normalized spacial score (nSPS) is 11.4. The molecule has 5 nitrogen and oxygen atoms in total. The standard InChI is InChI=1S/C17H16BrNO4/c1-11(23-13-7-5-6-12(18)10-13)16(20)19-15-9-4-3-8-14(15)17(21)22-2/h3-11H,1-2H3,(H,19,20)/t11-/m0/s1. The second kappa shape index (κ2) is 7.78. The van der Waals surface area contributed by atoms with Gasteiger partial charge in [-0.3, -0.25) is 4.79 Å². The Kier molecular flexibility index (Phi) is 5.76. The molecule has 1 N–H and O–H groups in total. The van der Waals surface area contributed by atoms with Gasteiger partial charge in [0.1, 0.15) is 5.75 Å². The van der Waals surface area contributed by atoms with Crippen molar-refractivity contribution in [2.24, 2.45) is 0 Å². The third kappa shape index (κ3) is 4.56. The molecule has 0 aliphatic heterocycles. The Morgan fingerprint density at radius 1 is 1.13 bits per heavy atom. The number of esters is 1. The van der Waals surface area contributed by atoms with Crippen LogP contribution in [0, 0.1) is 0 Å². The fourth-order valence-corrected chi connectivity index (χ4v) is 2.29. The van der Waals surface area contributed by atoms with Crippen molar-refractivity contribution in [1.29, 1.82) is 0 Å². The highest BCUT2D eigenvalue weighted by molar-refractivity contribution is 9.10. The van der Waals surface area contributed by atoms with Gasteiger partial charge in [-0.1, -0.05) is 34.1 Å². The molecule has 2 aromatic rings. The number of halogens is 1. The van der Waals surface area contributed by atoms with Crippen LogP contribution < -0.4 is 10.1 Å². The van der Waals surface area contributed by atoms with Crippen LogP contribution >= 0.6 is 15.9 Å². The van der Waals surface area contributed by atoms with Gasteiger partial charge in [-0.25, -0.2) is 4.79 Å². The van der Waals surface area contributed by atoms with Crippen molar-refractivity contribution in [2.75, 3.05) is 12.4 Å². The minimum absolute atomic E-state index is 0.290. The Balaban J connectivity index is 2.08. The molecule has 23 heavy (non-hydrogen) atoms. The summed E-state index contributed by atoms with van der Waals surface area (Å²) in [5.74, 6) is -0.300. The molecule has 1 atom stereocenters. The largest absolute Gasteiger partial charge is 0.481 e. The minimum atomic E-state index is -0.727. The summed E-state index contributed by atoms with van der Waals surface area (Å²) in [6.45, 7) is 1.64. The Morgan fingerprint density at radius 2 is 1.87 bits per heavy atom. The number of nitrogens with one attached hydrogen (secondary N) is 1. The number of benzene rings is 2. The third-order valence-electron chi connectivity index (χ3n) is 3.07. The molecule has 0 fully saturated rings. The Morgan fingerprint density at radius 3 is 2.57 bits per heavy atom. The summed E-state index contributed by atoms with van der Waals surface area (Å²) < 4.78 is 11.2. The lowest BCUT2D eigenvalue weighted by molar-refractivity contribution is -0.122. The molecule has 2 aromatic carbocycles. The molecule has 0 saturated carbocycles. The van der Waals surface area contributed by atoms with Gasteiger partial charge in [0.05, 0.1) is 18.4 Å². The van der Waals surface area contributed by atoms with Crippen LogP contribution in [-0.2, 0) is 9.53 Å². The van der Waals surface area contributed by atoms with E-state index in [9.17, 15) is 9.59 Å². The lowest BCUT2D eigenvalue weighted by Gasteiger charge is -2.16. The molecule has 1 amide bonds. The molecule has 0 bridgehead atoms. The van der Waals surface area contributed by atoms with Crippen LogP contribution in [-0.4, -0.2) is 25.1 Å². The van der Waals surface area contributed by atoms with Crippen molar-refractivity contribution < 1.29 is 19.1 Å². The van der Waals surface area contributed by atoms with Crippen LogP contribution in [0.1, 0.15) is 17.3 Å². The van der Waals surface area contributed by atoms with Crippen LogP contribution in [0.2, 0.25) is 0 Å². The van der Waals surface area contributed by atoms with Gasteiger partial charge in [-0.15, -0.1) is 0 Å². The van der Waals surface area contributed by atoms with Gasteiger partial charge in [0.25, 0.3) is 5.91 Å². The zero-order valence-corrected chi connectivity index (χ0v) is 14.3. The molecule has 120 valence electrons. The monoisotopic (exact) mass is 377 g/mol. The van der Waals surface area contributed by atoms with Gasteiger partial charge in [-0.05, 0) is 37.3 Å². The molecule has 0 saturated heterocycles. The predicted octanol–water partition coefficient (Wildman–Crippen LogP) is 3.64. The summed E-state index contributed by atoms with van der Waals surface area (Å²) in [5.41, 5.74) is 0.673. The van der Waals surface area contributed by atoms with Crippen LogP contribution in [0.25, 0.3) is 0 Å². The van der Waals surface area contributed by atoms with E-state index >= 15 is 0 Å². The maximum Gasteiger partial charge on any atom is 0.339 e. The Hall–Kier alpha value is -2.34. The predicted molar refractivity (Wildman–Crippen MR) is 90.6 cm³/mol. The average molecular weight is 378 g/mol. The number of ether oxygens (including phenoxy) is 2. The highest BCUT2D eigenvalue weighted by Gasteiger charge is 2.18. The van der Waals surface area contributed by atoms with Crippen molar-refractivity contribution in [3.05, 3.63) is 58.6 Å². The molecule has 0 aliphatic rings. The summed E-state index contributed by atoms with van der Waals surface area (Å²) in [4.78, 5) is 24.0. The molecule has 2 rings (SSSR count). The zero-order chi connectivity index (χ0) is 16.8. The van der Waals surface area contributed by atoms with Crippen LogP contribution in [0.4, 0.5) is 5.69 Å². The van der Waals surface area contributed by atoms with E-state index < -0.39 is 12.1 Å². The minimum Gasteiger partial charge on any atom is -0.481 e. The molecular formula is C17H16BrNO4. The highest BCUT2D eigenvalue weighted by Crippen LogP contribution is 2.20. The van der Waals surface area contributed by atoms with Gasteiger partial charge in [-0.2, -0.15) is 0 Å². The van der Waals surface area contributed by atoms with Gasteiger partial charge in [0.15, 0.2) is 6.10 Å². The summed E-state index contributed by atoms with van der Waals surface area (Å²) in [6.07, 6.45) is -0.727. The fraction of sp³-hybridized carbons (Fsp3) is 0.176. The number of hydrogen-bond acceptors (Lipinski definition) is 4. The second-order valence-electron chi connectivity index (χ2n) is 4.74. The summed E-state index contributed by atoms with van der Waals surface area (Å²) in [5, 5.41) is 2.68. The Labute approximate surface area is 142 Å². The first kappa shape index (κ1) is 17.0. The van der Waals surface area contributed by atoms with E-state index in [1.165, 1.54) is 7.11 Å². The number of methoxy groups -OCH3 is 1. The zero-order valence-electron chi connectivity index (χ0n) is 12.7. The lowest BCUT2D eigenvalue weighted by Crippen LogP contribution is -2.30. The van der Waals surface area contributed by atoms with E-state index in [4.69, 9.17) is 9.47 Å². The topological polar surface area (TPSA) is 64.6 Å². The van der Waals surface area contributed by atoms with E-state index in [0.29, 0.717) is 11.4 Å². The highest BCUT2D eigenvalue weighted by atomic mass is 79.9. The van der Waals surface area contributed by atoms with Gasteiger partial charge in [0.2, 0.25) is 0 Å². The number of para-hydroxylation sites is 1. The number of amides is 1. The smallest absolute Gasteiger partial charge is 0.339 e. The number of carbonyl (C=O) groups excluding carboxylic acids is 2. The van der Waals surface area contributed by atoms with E-state index in [0.717, 1.165) is 4.47 Å². The van der Waals surface area contributed by atoms with Crippen molar-refractivity contribution in [3.63, 3.8) is 0 Å². The summed E-state index contributed by atoms with van der Waals surface area (Å²) in [7, 11) is 1.29. The summed E-state index contributed by atoms with van der Waals surface area (Å²) in [6, 6.07) is 13.9. The van der Waals surface area contributed by atoms with Gasteiger partial charge >= 0.3 is 5.97 Å². The molecule has 0 aromatic heterocycles. The first-order valence-electron chi connectivity index (χ1n) is 6.91. The van der Waals surface area contributed by atoms with Crippen LogP contribution in [0.15, 0.2) is 53.0 Å². The Bertz CT molecular complexity index is 717. The summed E-state index contributed by atoms with van der Waals surface area (Å²) >= 11 is 3.34. The molecule has 0 heterocycles. The van der Waals surface area contributed by atoms with Crippen LogP contribution in [0.3, 0.4) is 0 Å². The quantitative estimate of drug-likeness (QED) is 0.807. The van der Waals surface area contributed by atoms with Crippen LogP contribution in [0.5, 0.6) is 5.75 Å². The lowest BCUT2D eigenvalue weighted by atomic mass is 10.1. The molecule has 0 unspecified atom stereocenters. The van der Waals surface area contributed by atoms with E-state index in [-0.39, 0.29) is 11.5 Å². The SMILES string of the molecule is COC(=O)c1ccccc1NC(=O)[C@H](C)Oc1cccc(Br)c1. The maximum absolute atomic E-state index is 12.3. The molecule has 0 spiro atoms. The molecular weight excluding hydrogens is 362 g/mol. The van der Waals surface area contributed by atoms with Crippen molar-refractivity contribution in [2.45, 2.75) is 13.0 Å². The second-order valence-corrected chi connectivity index (χ2v) is 5.66. The van der Waals surface area contributed by atoms with E-state index in [2.05, 4.69) is 21.2 Å². The first-order valence-corrected chi connectivity index (χ1v) is 7.71. The van der Waals surface area contributed by atoms with Crippen molar-refractivity contribution in [1.82, 2.24) is 0 Å².